The summed E-state index contributed by atoms with van der Waals surface area (Å²) < 4.78 is 0. The van der Waals surface area contributed by atoms with E-state index < -0.39 is 6.09 Å². The molecule has 1 aliphatic carbocycles. The molecule has 1 saturated carbocycles. The van der Waals surface area contributed by atoms with Crippen LogP contribution >= 0.6 is 0 Å². The van der Waals surface area contributed by atoms with E-state index in [0.717, 1.165) is 6.54 Å². The maximum atomic E-state index is 11.0. The third kappa shape index (κ3) is 3.70. The fourth-order valence-electron chi connectivity index (χ4n) is 1.71. The quantitative estimate of drug-likeness (QED) is 0.751. The Morgan fingerprint density at radius 3 is 2.40 bits per heavy atom. The SMILES string of the molecule is CC(C)(C)N(CCNC1CCC1)C(=O)O. The average molecular weight is 214 g/mol. The number of nitrogens with zero attached hydrogens (tertiary/aromatic N) is 1. The second kappa shape index (κ2) is 4.84. The van der Waals surface area contributed by atoms with Crippen molar-refractivity contribution in [1.29, 1.82) is 0 Å². The van der Waals surface area contributed by atoms with Gasteiger partial charge in [0.25, 0.3) is 0 Å². The van der Waals surface area contributed by atoms with Gasteiger partial charge in [-0.3, -0.25) is 0 Å². The number of hydrogen-bond acceptors (Lipinski definition) is 2. The van der Waals surface area contributed by atoms with Crippen molar-refractivity contribution in [2.24, 2.45) is 0 Å². The van der Waals surface area contributed by atoms with Crippen LogP contribution in [0.4, 0.5) is 4.79 Å². The molecule has 0 atom stereocenters. The highest BCUT2D eigenvalue weighted by Crippen LogP contribution is 2.18. The zero-order chi connectivity index (χ0) is 11.5. The summed E-state index contributed by atoms with van der Waals surface area (Å²) in [6, 6.07) is 0.626. The summed E-state index contributed by atoms with van der Waals surface area (Å²) in [5.41, 5.74) is -0.312. The summed E-state index contributed by atoms with van der Waals surface area (Å²) >= 11 is 0. The van der Waals surface area contributed by atoms with Crippen molar-refractivity contribution in [3.8, 4) is 0 Å². The molecule has 4 nitrogen and oxygen atoms in total. The third-order valence-corrected chi connectivity index (χ3v) is 2.91. The van der Waals surface area contributed by atoms with Crippen LogP contribution in [-0.2, 0) is 0 Å². The lowest BCUT2D eigenvalue weighted by Gasteiger charge is -2.34. The predicted molar refractivity (Wildman–Crippen MR) is 60.1 cm³/mol. The normalized spacial score (nSPS) is 17.3. The molecular formula is C11H22N2O2. The zero-order valence-electron chi connectivity index (χ0n) is 9.92. The summed E-state index contributed by atoms with van der Waals surface area (Å²) in [6.07, 6.45) is 2.95. The molecule has 1 amide bonds. The van der Waals surface area contributed by atoms with Crippen molar-refractivity contribution in [3.05, 3.63) is 0 Å². The average Bonchev–Trinajstić information content (AvgIpc) is 1.97. The van der Waals surface area contributed by atoms with Crippen LogP contribution in [0.2, 0.25) is 0 Å². The van der Waals surface area contributed by atoms with Crippen LogP contribution in [0.5, 0.6) is 0 Å². The van der Waals surface area contributed by atoms with Gasteiger partial charge in [-0.25, -0.2) is 4.79 Å². The van der Waals surface area contributed by atoms with Crippen LogP contribution in [0, 0.1) is 0 Å². The zero-order valence-corrected chi connectivity index (χ0v) is 9.92. The van der Waals surface area contributed by atoms with E-state index >= 15 is 0 Å². The number of rotatable bonds is 4. The highest BCUT2D eigenvalue weighted by Gasteiger charge is 2.26. The molecule has 1 rings (SSSR count). The van der Waals surface area contributed by atoms with Crippen molar-refractivity contribution in [2.45, 2.75) is 51.6 Å². The standard InChI is InChI=1S/C11H22N2O2/c1-11(2,3)13(10(14)15)8-7-12-9-5-4-6-9/h9,12H,4-8H2,1-3H3,(H,14,15). The van der Waals surface area contributed by atoms with Crippen LogP contribution in [0.3, 0.4) is 0 Å². The minimum absolute atomic E-state index is 0.312. The van der Waals surface area contributed by atoms with Crippen molar-refractivity contribution in [3.63, 3.8) is 0 Å². The molecule has 0 aromatic heterocycles. The molecule has 0 aromatic rings. The van der Waals surface area contributed by atoms with Gasteiger partial charge >= 0.3 is 6.09 Å². The monoisotopic (exact) mass is 214 g/mol. The van der Waals surface area contributed by atoms with Crippen LogP contribution in [0.15, 0.2) is 0 Å². The van der Waals surface area contributed by atoms with Gasteiger partial charge in [0, 0.05) is 24.7 Å². The molecule has 0 radical (unpaired) electrons. The van der Waals surface area contributed by atoms with Crippen LogP contribution in [0.1, 0.15) is 40.0 Å². The summed E-state index contributed by atoms with van der Waals surface area (Å²) in [4.78, 5) is 12.5. The summed E-state index contributed by atoms with van der Waals surface area (Å²) in [6.45, 7) is 7.09. The largest absolute Gasteiger partial charge is 0.465 e. The van der Waals surface area contributed by atoms with Gasteiger partial charge in [0.2, 0.25) is 0 Å². The molecule has 0 bridgehead atoms. The van der Waals surface area contributed by atoms with Gasteiger partial charge in [-0.1, -0.05) is 6.42 Å². The van der Waals surface area contributed by atoms with E-state index in [1.807, 2.05) is 20.8 Å². The molecule has 1 aliphatic rings. The van der Waals surface area contributed by atoms with Crippen molar-refractivity contribution in [2.75, 3.05) is 13.1 Å². The summed E-state index contributed by atoms with van der Waals surface area (Å²) in [7, 11) is 0. The van der Waals surface area contributed by atoms with E-state index in [1.54, 1.807) is 0 Å². The molecule has 0 saturated heterocycles. The van der Waals surface area contributed by atoms with Crippen molar-refractivity contribution < 1.29 is 9.90 Å². The second-order valence-corrected chi connectivity index (χ2v) is 5.19. The summed E-state index contributed by atoms with van der Waals surface area (Å²) in [5.74, 6) is 0. The molecule has 4 heteroatoms. The molecule has 15 heavy (non-hydrogen) atoms. The maximum absolute atomic E-state index is 11.0. The Kier molecular flexibility index (Phi) is 3.97. The number of hydrogen-bond donors (Lipinski definition) is 2. The molecule has 0 unspecified atom stereocenters. The van der Waals surface area contributed by atoms with E-state index in [4.69, 9.17) is 5.11 Å². The Balaban J connectivity index is 2.28. The van der Waals surface area contributed by atoms with Gasteiger partial charge in [0.05, 0.1) is 0 Å². The number of nitrogens with one attached hydrogen (secondary N) is 1. The topological polar surface area (TPSA) is 52.6 Å². The van der Waals surface area contributed by atoms with E-state index in [1.165, 1.54) is 24.2 Å². The fraction of sp³-hybridized carbons (Fsp3) is 0.909. The molecule has 2 N–H and O–H groups in total. The van der Waals surface area contributed by atoms with Gasteiger partial charge in [-0.15, -0.1) is 0 Å². The van der Waals surface area contributed by atoms with E-state index in [0.29, 0.717) is 12.6 Å². The lowest BCUT2D eigenvalue weighted by molar-refractivity contribution is 0.0994. The molecule has 0 spiro atoms. The Labute approximate surface area is 91.6 Å². The smallest absolute Gasteiger partial charge is 0.407 e. The lowest BCUT2D eigenvalue weighted by atomic mass is 9.93. The first-order chi connectivity index (χ1) is 6.91. The summed E-state index contributed by atoms with van der Waals surface area (Å²) in [5, 5.41) is 12.4. The Bertz CT molecular complexity index is 219. The first-order valence-electron chi connectivity index (χ1n) is 5.65. The Morgan fingerprint density at radius 2 is 2.07 bits per heavy atom. The second-order valence-electron chi connectivity index (χ2n) is 5.19. The van der Waals surface area contributed by atoms with Gasteiger partial charge in [-0.05, 0) is 33.6 Å². The van der Waals surface area contributed by atoms with Crippen molar-refractivity contribution >= 4 is 6.09 Å². The van der Waals surface area contributed by atoms with Crippen LogP contribution in [-0.4, -0.2) is 40.8 Å². The Hall–Kier alpha value is -0.770. The first-order valence-corrected chi connectivity index (χ1v) is 5.65. The Morgan fingerprint density at radius 1 is 1.47 bits per heavy atom. The van der Waals surface area contributed by atoms with E-state index in [2.05, 4.69) is 5.32 Å². The van der Waals surface area contributed by atoms with Crippen LogP contribution in [0.25, 0.3) is 0 Å². The number of amides is 1. The van der Waals surface area contributed by atoms with Gasteiger partial charge < -0.3 is 15.3 Å². The predicted octanol–water partition coefficient (Wildman–Crippen LogP) is 1.91. The highest BCUT2D eigenvalue weighted by atomic mass is 16.4. The molecule has 1 fully saturated rings. The number of carboxylic acid groups (broad SMARTS) is 1. The number of carbonyl (C=O) groups is 1. The van der Waals surface area contributed by atoms with Gasteiger partial charge in [0.1, 0.15) is 0 Å². The highest BCUT2D eigenvalue weighted by molar-refractivity contribution is 5.65. The van der Waals surface area contributed by atoms with Crippen LogP contribution < -0.4 is 5.32 Å². The molecule has 0 aromatic carbocycles. The van der Waals surface area contributed by atoms with Gasteiger partial charge in [-0.2, -0.15) is 0 Å². The lowest BCUT2D eigenvalue weighted by Crippen LogP contribution is -2.49. The fourth-order valence-corrected chi connectivity index (χ4v) is 1.71. The maximum Gasteiger partial charge on any atom is 0.407 e. The molecular weight excluding hydrogens is 192 g/mol. The first kappa shape index (κ1) is 12.3. The molecule has 0 heterocycles. The van der Waals surface area contributed by atoms with E-state index in [-0.39, 0.29) is 5.54 Å². The third-order valence-electron chi connectivity index (χ3n) is 2.91. The minimum Gasteiger partial charge on any atom is -0.465 e. The van der Waals surface area contributed by atoms with Crippen molar-refractivity contribution in [1.82, 2.24) is 10.2 Å². The van der Waals surface area contributed by atoms with Gasteiger partial charge in [0.15, 0.2) is 0 Å². The molecule has 0 aliphatic heterocycles. The molecule has 88 valence electrons. The minimum atomic E-state index is -0.835. The van der Waals surface area contributed by atoms with E-state index in [9.17, 15) is 4.79 Å².